The first kappa shape index (κ1) is 22.4. The number of hydrogen-bond acceptors (Lipinski definition) is 3. The Kier molecular flexibility index (Phi) is 8.96. The van der Waals surface area contributed by atoms with Crippen molar-refractivity contribution < 1.29 is 9.47 Å². The third-order valence-electron chi connectivity index (χ3n) is 4.95. The Morgan fingerprint density at radius 1 is 0.710 bits per heavy atom. The summed E-state index contributed by atoms with van der Waals surface area (Å²) >= 11 is 0. The lowest BCUT2D eigenvalue weighted by Crippen LogP contribution is -2.25. The largest absolute Gasteiger partial charge is 0.490 e. The lowest BCUT2D eigenvalue weighted by Gasteiger charge is -2.21. The Bertz CT molecular complexity index is 935. The SMILES string of the molecule is C=CCOc1ccc(CCN(CC=C)Cc2cccc(OCc3ccccc3)c2)cc1. The van der Waals surface area contributed by atoms with E-state index in [0.717, 1.165) is 37.6 Å². The summed E-state index contributed by atoms with van der Waals surface area (Å²) in [5, 5.41) is 0. The van der Waals surface area contributed by atoms with Crippen LogP contribution in [-0.4, -0.2) is 24.6 Å². The second-order valence-electron chi connectivity index (χ2n) is 7.44. The summed E-state index contributed by atoms with van der Waals surface area (Å²) in [5.41, 5.74) is 3.70. The van der Waals surface area contributed by atoms with E-state index in [4.69, 9.17) is 9.47 Å². The van der Waals surface area contributed by atoms with E-state index >= 15 is 0 Å². The molecule has 0 fully saturated rings. The highest BCUT2D eigenvalue weighted by Crippen LogP contribution is 2.18. The fraction of sp³-hybridized carbons (Fsp3) is 0.214. The lowest BCUT2D eigenvalue weighted by atomic mass is 10.1. The molecule has 3 heteroatoms. The molecular weight excluding hydrogens is 382 g/mol. The predicted molar refractivity (Wildman–Crippen MR) is 129 cm³/mol. The molecule has 3 aromatic carbocycles. The lowest BCUT2D eigenvalue weighted by molar-refractivity contribution is 0.292. The molecule has 0 amide bonds. The maximum absolute atomic E-state index is 5.99. The van der Waals surface area contributed by atoms with E-state index in [0.29, 0.717) is 13.2 Å². The smallest absolute Gasteiger partial charge is 0.120 e. The van der Waals surface area contributed by atoms with Gasteiger partial charge in [0.05, 0.1) is 0 Å². The summed E-state index contributed by atoms with van der Waals surface area (Å²) in [7, 11) is 0. The Morgan fingerprint density at radius 2 is 1.48 bits per heavy atom. The zero-order valence-electron chi connectivity index (χ0n) is 18.1. The van der Waals surface area contributed by atoms with E-state index in [1.54, 1.807) is 6.08 Å². The van der Waals surface area contributed by atoms with Gasteiger partial charge in [0.25, 0.3) is 0 Å². The fourth-order valence-electron chi connectivity index (χ4n) is 3.34. The van der Waals surface area contributed by atoms with E-state index in [1.807, 2.05) is 42.5 Å². The summed E-state index contributed by atoms with van der Waals surface area (Å²) in [5.74, 6) is 1.77. The van der Waals surface area contributed by atoms with Gasteiger partial charge in [-0.05, 0) is 47.4 Å². The average molecular weight is 414 g/mol. The third-order valence-corrected chi connectivity index (χ3v) is 4.95. The van der Waals surface area contributed by atoms with Crippen LogP contribution >= 0.6 is 0 Å². The van der Waals surface area contributed by atoms with Crippen molar-refractivity contribution in [1.82, 2.24) is 4.90 Å². The highest BCUT2D eigenvalue weighted by molar-refractivity contribution is 5.30. The molecule has 0 aliphatic carbocycles. The molecule has 0 unspecified atom stereocenters. The molecule has 0 saturated heterocycles. The van der Waals surface area contributed by atoms with Crippen LogP contribution in [0, 0.1) is 0 Å². The van der Waals surface area contributed by atoms with Crippen LogP contribution in [0.1, 0.15) is 16.7 Å². The summed E-state index contributed by atoms with van der Waals surface area (Å²) in [6.45, 7) is 11.4. The minimum atomic E-state index is 0.528. The number of nitrogens with zero attached hydrogens (tertiary/aromatic N) is 1. The molecule has 0 atom stereocenters. The Morgan fingerprint density at radius 3 is 2.23 bits per heavy atom. The van der Waals surface area contributed by atoms with E-state index in [-0.39, 0.29) is 0 Å². The molecule has 0 saturated carbocycles. The highest BCUT2D eigenvalue weighted by atomic mass is 16.5. The monoisotopic (exact) mass is 413 g/mol. The first-order chi connectivity index (χ1) is 15.3. The molecule has 0 aliphatic heterocycles. The quantitative estimate of drug-likeness (QED) is 0.318. The Hall–Kier alpha value is -3.30. The molecule has 0 aliphatic rings. The fourth-order valence-corrected chi connectivity index (χ4v) is 3.34. The van der Waals surface area contributed by atoms with Crippen molar-refractivity contribution in [3.63, 3.8) is 0 Å². The molecular formula is C28H31NO2. The molecule has 160 valence electrons. The van der Waals surface area contributed by atoms with Gasteiger partial charge in [0.15, 0.2) is 0 Å². The van der Waals surface area contributed by atoms with E-state index in [1.165, 1.54) is 16.7 Å². The van der Waals surface area contributed by atoms with Gasteiger partial charge in [-0.3, -0.25) is 4.90 Å². The average Bonchev–Trinajstić information content (AvgIpc) is 2.82. The van der Waals surface area contributed by atoms with Crippen LogP contribution in [0.2, 0.25) is 0 Å². The summed E-state index contributed by atoms with van der Waals surface area (Å²) in [4.78, 5) is 2.39. The van der Waals surface area contributed by atoms with Crippen molar-refractivity contribution in [3.8, 4) is 11.5 Å². The molecule has 0 radical (unpaired) electrons. The highest BCUT2D eigenvalue weighted by Gasteiger charge is 2.07. The van der Waals surface area contributed by atoms with Crippen molar-refractivity contribution >= 4 is 0 Å². The van der Waals surface area contributed by atoms with Crippen molar-refractivity contribution in [2.24, 2.45) is 0 Å². The van der Waals surface area contributed by atoms with Crippen molar-refractivity contribution in [2.75, 3.05) is 19.7 Å². The van der Waals surface area contributed by atoms with Gasteiger partial charge in [0, 0.05) is 19.6 Å². The maximum atomic E-state index is 5.99. The van der Waals surface area contributed by atoms with Gasteiger partial charge < -0.3 is 9.47 Å². The zero-order chi connectivity index (χ0) is 21.7. The van der Waals surface area contributed by atoms with Crippen LogP contribution in [0.25, 0.3) is 0 Å². The van der Waals surface area contributed by atoms with Crippen LogP contribution < -0.4 is 9.47 Å². The van der Waals surface area contributed by atoms with Crippen LogP contribution in [0.4, 0.5) is 0 Å². The van der Waals surface area contributed by atoms with Gasteiger partial charge >= 0.3 is 0 Å². The number of hydrogen-bond donors (Lipinski definition) is 0. The van der Waals surface area contributed by atoms with Crippen LogP contribution in [0.3, 0.4) is 0 Å². The summed E-state index contributed by atoms with van der Waals surface area (Å²) < 4.78 is 11.5. The number of rotatable bonds is 13. The normalized spacial score (nSPS) is 10.6. The van der Waals surface area contributed by atoms with Crippen LogP contribution in [0.15, 0.2) is 104 Å². The topological polar surface area (TPSA) is 21.7 Å². The summed E-state index contributed by atoms with van der Waals surface area (Å²) in [6.07, 6.45) is 4.69. The maximum Gasteiger partial charge on any atom is 0.120 e. The molecule has 3 nitrogen and oxygen atoms in total. The molecule has 0 aromatic heterocycles. The minimum absolute atomic E-state index is 0.528. The van der Waals surface area contributed by atoms with Gasteiger partial charge in [-0.15, -0.1) is 6.58 Å². The molecule has 0 N–H and O–H groups in total. The third kappa shape index (κ3) is 7.80. The minimum Gasteiger partial charge on any atom is -0.490 e. The van der Waals surface area contributed by atoms with Crippen molar-refractivity contribution in [1.29, 1.82) is 0 Å². The van der Waals surface area contributed by atoms with Gasteiger partial charge in [0.1, 0.15) is 24.7 Å². The first-order valence-electron chi connectivity index (χ1n) is 10.7. The standard InChI is InChI=1S/C28H31NO2/c1-3-18-29(19-17-24-13-15-27(16-14-24)30-20-4-2)22-26-11-8-12-28(21-26)31-23-25-9-6-5-7-10-25/h3-16,21H,1-2,17-20,22-23H2. The number of benzene rings is 3. The Balaban J connectivity index is 1.54. The van der Waals surface area contributed by atoms with Gasteiger partial charge in [-0.2, -0.15) is 0 Å². The van der Waals surface area contributed by atoms with Gasteiger partial charge in [-0.25, -0.2) is 0 Å². The van der Waals surface area contributed by atoms with E-state index < -0.39 is 0 Å². The van der Waals surface area contributed by atoms with Crippen molar-refractivity contribution in [3.05, 3.63) is 121 Å². The second-order valence-corrected chi connectivity index (χ2v) is 7.44. The molecule has 0 heterocycles. The molecule has 31 heavy (non-hydrogen) atoms. The van der Waals surface area contributed by atoms with Crippen molar-refractivity contribution in [2.45, 2.75) is 19.6 Å². The molecule has 0 bridgehead atoms. The van der Waals surface area contributed by atoms with Gasteiger partial charge in [0.2, 0.25) is 0 Å². The van der Waals surface area contributed by atoms with Gasteiger partial charge in [-0.1, -0.05) is 73.3 Å². The second kappa shape index (κ2) is 12.4. The van der Waals surface area contributed by atoms with Crippen LogP contribution in [-0.2, 0) is 19.6 Å². The van der Waals surface area contributed by atoms with Crippen LogP contribution in [0.5, 0.6) is 11.5 Å². The Labute approximate surface area is 186 Å². The first-order valence-corrected chi connectivity index (χ1v) is 10.7. The molecule has 3 rings (SSSR count). The predicted octanol–water partition coefficient (Wildman–Crippen LogP) is 6.06. The summed E-state index contributed by atoms with van der Waals surface area (Å²) in [6, 6.07) is 26.9. The zero-order valence-corrected chi connectivity index (χ0v) is 18.1. The van der Waals surface area contributed by atoms with E-state index in [9.17, 15) is 0 Å². The molecule has 3 aromatic rings. The van der Waals surface area contributed by atoms with E-state index in [2.05, 4.69) is 60.5 Å². The number of ether oxygens (including phenoxy) is 2. The molecule has 0 spiro atoms.